The molecule has 132 valence electrons. The molecule has 2 aromatic carbocycles. The Balaban J connectivity index is 2.33. The summed E-state index contributed by atoms with van der Waals surface area (Å²) in [5.41, 5.74) is 1.88. The van der Waals surface area contributed by atoms with Crippen LogP contribution < -0.4 is 9.47 Å². The smallest absolute Gasteiger partial charge is 0.270 e. The molecule has 7 heteroatoms. The summed E-state index contributed by atoms with van der Waals surface area (Å²) in [6, 6.07) is 9.66. The molecule has 0 unspecified atom stereocenters. The molecule has 0 saturated carbocycles. The zero-order valence-corrected chi connectivity index (χ0v) is 14.6. The lowest BCUT2D eigenvalue weighted by molar-refractivity contribution is -0.384. The van der Waals surface area contributed by atoms with E-state index in [1.54, 1.807) is 14.2 Å². The van der Waals surface area contributed by atoms with Crippen LogP contribution in [0.4, 0.5) is 5.69 Å². The highest BCUT2D eigenvalue weighted by Gasteiger charge is 2.21. The van der Waals surface area contributed by atoms with Gasteiger partial charge in [-0.05, 0) is 19.1 Å². The molecule has 1 amide bonds. The normalized spacial score (nSPS) is 10.2. The van der Waals surface area contributed by atoms with Crippen molar-refractivity contribution in [1.29, 1.82) is 0 Å². The minimum Gasteiger partial charge on any atom is -0.496 e. The Morgan fingerprint density at radius 1 is 1.12 bits per heavy atom. The third-order valence-corrected chi connectivity index (χ3v) is 3.81. The zero-order valence-electron chi connectivity index (χ0n) is 14.6. The van der Waals surface area contributed by atoms with Crippen molar-refractivity contribution in [3.05, 3.63) is 63.2 Å². The van der Waals surface area contributed by atoms with Crippen LogP contribution in [-0.2, 0) is 6.54 Å². The molecule has 0 fully saturated rings. The third kappa shape index (κ3) is 4.06. The number of methoxy groups -OCH3 is 2. The van der Waals surface area contributed by atoms with E-state index in [0.29, 0.717) is 18.0 Å². The summed E-state index contributed by atoms with van der Waals surface area (Å²) in [5.74, 6) is 0.596. The van der Waals surface area contributed by atoms with E-state index in [-0.39, 0.29) is 17.2 Å². The summed E-state index contributed by atoms with van der Waals surface area (Å²) in [6.45, 7) is 2.25. The van der Waals surface area contributed by atoms with Gasteiger partial charge in [-0.3, -0.25) is 14.9 Å². The highest BCUT2D eigenvalue weighted by Crippen LogP contribution is 2.27. The van der Waals surface area contributed by atoms with Crippen molar-refractivity contribution < 1.29 is 19.2 Å². The standard InChI is InChI=1S/C18H20N2O5/c1-12-5-7-16(24-3)13(9-12)11-19(2)18(21)15-10-14(20(22)23)6-8-17(15)25-4/h5-10H,11H2,1-4H3. The maximum absolute atomic E-state index is 12.8. The fourth-order valence-electron chi connectivity index (χ4n) is 2.54. The van der Waals surface area contributed by atoms with Crippen LogP contribution in [-0.4, -0.2) is 37.0 Å². The molecule has 0 atom stereocenters. The molecule has 0 aliphatic rings. The van der Waals surface area contributed by atoms with Crippen LogP contribution in [0.1, 0.15) is 21.5 Å². The van der Waals surface area contributed by atoms with Gasteiger partial charge in [-0.15, -0.1) is 0 Å². The summed E-state index contributed by atoms with van der Waals surface area (Å²) in [6.07, 6.45) is 0. The number of nitro groups is 1. The molecule has 2 rings (SSSR count). The quantitative estimate of drug-likeness (QED) is 0.594. The van der Waals surface area contributed by atoms with Crippen LogP contribution in [0.25, 0.3) is 0 Å². The molecule has 0 saturated heterocycles. The Hall–Kier alpha value is -3.09. The monoisotopic (exact) mass is 344 g/mol. The van der Waals surface area contributed by atoms with E-state index in [9.17, 15) is 14.9 Å². The van der Waals surface area contributed by atoms with Gasteiger partial charge in [0.05, 0.1) is 24.7 Å². The molecule has 2 aromatic rings. The highest BCUT2D eigenvalue weighted by molar-refractivity contribution is 5.97. The molecule has 0 radical (unpaired) electrons. The fraction of sp³-hybridized carbons (Fsp3) is 0.278. The van der Waals surface area contributed by atoms with E-state index in [1.807, 2.05) is 25.1 Å². The number of benzene rings is 2. The van der Waals surface area contributed by atoms with Crippen molar-refractivity contribution in [2.45, 2.75) is 13.5 Å². The summed E-state index contributed by atoms with van der Waals surface area (Å²) in [4.78, 5) is 24.7. The number of hydrogen-bond donors (Lipinski definition) is 0. The predicted octanol–water partition coefficient (Wildman–Crippen LogP) is 3.19. The lowest BCUT2D eigenvalue weighted by atomic mass is 10.1. The molecular weight excluding hydrogens is 324 g/mol. The molecule has 0 spiro atoms. The van der Waals surface area contributed by atoms with E-state index in [2.05, 4.69) is 0 Å². The lowest BCUT2D eigenvalue weighted by Gasteiger charge is -2.20. The van der Waals surface area contributed by atoms with E-state index in [1.165, 1.54) is 30.2 Å². The van der Waals surface area contributed by atoms with Crippen molar-refractivity contribution >= 4 is 11.6 Å². The number of rotatable bonds is 6. The Bertz CT molecular complexity index is 804. The molecule has 25 heavy (non-hydrogen) atoms. The van der Waals surface area contributed by atoms with Gasteiger partial charge in [0, 0.05) is 31.3 Å². The molecule has 0 aromatic heterocycles. The third-order valence-electron chi connectivity index (χ3n) is 3.81. The average molecular weight is 344 g/mol. The van der Waals surface area contributed by atoms with Gasteiger partial charge in [-0.25, -0.2) is 0 Å². The van der Waals surface area contributed by atoms with Crippen LogP contribution in [0.3, 0.4) is 0 Å². The second kappa shape index (κ2) is 7.65. The molecular formula is C18H20N2O5. The number of nitro benzene ring substituents is 1. The van der Waals surface area contributed by atoms with Gasteiger partial charge >= 0.3 is 0 Å². The van der Waals surface area contributed by atoms with Gasteiger partial charge < -0.3 is 14.4 Å². The molecule has 0 aliphatic carbocycles. The Morgan fingerprint density at radius 3 is 2.36 bits per heavy atom. The van der Waals surface area contributed by atoms with Gasteiger partial charge in [0.1, 0.15) is 11.5 Å². The summed E-state index contributed by atoms with van der Waals surface area (Å²) >= 11 is 0. The maximum Gasteiger partial charge on any atom is 0.270 e. The Labute approximate surface area is 145 Å². The number of ether oxygens (including phenoxy) is 2. The topological polar surface area (TPSA) is 81.9 Å². The first kappa shape index (κ1) is 18.3. The van der Waals surface area contributed by atoms with Gasteiger partial charge in [0.25, 0.3) is 11.6 Å². The number of hydrogen-bond acceptors (Lipinski definition) is 5. The van der Waals surface area contributed by atoms with Crippen molar-refractivity contribution in [2.75, 3.05) is 21.3 Å². The number of aryl methyl sites for hydroxylation is 1. The van der Waals surface area contributed by atoms with Crippen LogP contribution >= 0.6 is 0 Å². The first-order valence-electron chi connectivity index (χ1n) is 7.58. The molecule has 0 heterocycles. The highest BCUT2D eigenvalue weighted by atomic mass is 16.6. The number of amides is 1. The van der Waals surface area contributed by atoms with Crippen molar-refractivity contribution in [3.63, 3.8) is 0 Å². The second-order valence-electron chi connectivity index (χ2n) is 5.62. The van der Waals surface area contributed by atoms with E-state index in [0.717, 1.165) is 11.1 Å². The van der Waals surface area contributed by atoms with Crippen molar-refractivity contribution in [3.8, 4) is 11.5 Å². The zero-order chi connectivity index (χ0) is 18.6. The average Bonchev–Trinajstić information content (AvgIpc) is 2.60. The minimum atomic E-state index is -0.542. The molecule has 0 N–H and O–H groups in total. The van der Waals surface area contributed by atoms with E-state index < -0.39 is 4.92 Å². The van der Waals surface area contributed by atoms with Crippen LogP contribution in [0, 0.1) is 17.0 Å². The van der Waals surface area contributed by atoms with Gasteiger partial charge in [0.2, 0.25) is 0 Å². The van der Waals surface area contributed by atoms with Gasteiger partial charge in [0.15, 0.2) is 0 Å². The molecule has 0 bridgehead atoms. The van der Waals surface area contributed by atoms with Gasteiger partial charge in [-0.1, -0.05) is 17.7 Å². The number of carbonyl (C=O) groups excluding carboxylic acids is 1. The maximum atomic E-state index is 12.8. The summed E-state index contributed by atoms with van der Waals surface area (Å²) < 4.78 is 10.5. The van der Waals surface area contributed by atoms with Gasteiger partial charge in [-0.2, -0.15) is 0 Å². The van der Waals surface area contributed by atoms with Crippen LogP contribution in [0.5, 0.6) is 11.5 Å². The molecule has 0 aliphatic heterocycles. The largest absolute Gasteiger partial charge is 0.496 e. The van der Waals surface area contributed by atoms with E-state index in [4.69, 9.17) is 9.47 Å². The number of non-ortho nitro benzene ring substituents is 1. The molecule has 7 nitrogen and oxygen atoms in total. The summed E-state index contributed by atoms with van der Waals surface area (Å²) in [5, 5.41) is 11.0. The first-order chi connectivity index (χ1) is 11.9. The number of carbonyl (C=O) groups is 1. The number of nitrogens with zero attached hydrogens (tertiary/aromatic N) is 2. The Kier molecular flexibility index (Phi) is 5.59. The minimum absolute atomic E-state index is 0.144. The van der Waals surface area contributed by atoms with Crippen LogP contribution in [0.15, 0.2) is 36.4 Å². The first-order valence-corrected chi connectivity index (χ1v) is 7.58. The summed E-state index contributed by atoms with van der Waals surface area (Å²) in [7, 11) is 4.61. The Morgan fingerprint density at radius 2 is 1.76 bits per heavy atom. The predicted molar refractivity (Wildman–Crippen MR) is 93.2 cm³/mol. The lowest BCUT2D eigenvalue weighted by Crippen LogP contribution is -2.27. The van der Waals surface area contributed by atoms with Crippen molar-refractivity contribution in [1.82, 2.24) is 4.90 Å². The van der Waals surface area contributed by atoms with Crippen molar-refractivity contribution in [2.24, 2.45) is 0 Å². The second-order valence-corrected chi connectivity index (χ2v) is 5.62. The SMILES string of the molecule is COc1ccc(C)cc1CN(C)C(=O)c1cc([N+](=O)[O-])ccc1OC. The fourth-order valence-corrected chi connectivity index (χ4v) is 2.54. The van der Waals surface area contributed by atoms with E-state index >= 15 is 0 Å². The van der Waals surface area contributed by atoms with Crippen LogP contribution in [0.2, 0.25) is 0 Å².